The molecule has 246 valence electrons. The summed E-state index contributed by atoms with van der Waals surface area (Å²) in [5.41, 5.74) is 2.45. The Morgan fingerprint density at radius 2 is 1.44 bits per heavy atom. The lowest BCUT2D eigenvalue weighted by atomic mass is 9.87. The molecule has 9 nitrogen and oxygen atoms in total. The Morgan fingerprint density at radius 1 is 0.860 bits per heavy atom. The summed E-state index contributed by atoms with van der Waals surface area (Å²) >= 11 is 0. The third-order valence-corrected chi connectivity index (χ3v) is 8.30. The van der Waals surface area contributed by atoms with Gasteiger partial charge in [-0.05, 0) is 57.4 Å². The van der Waals surface area contributed by atoms with E-state index in [0.717, 1.165) is 80.0 Å². The number of hydrogen-bond acceptors (Lipinski definition) is 7. The zero-order valence-corrected chi connectivity index (χ0v) is 28.8. The Balaban J connectivity index is 2.01. The van der Waals surface area contributed by atoms with Crippen LogP contribution < -0.4 is 5.32 Å². The third-order valence-electron chi connectivity index (χ3n) is 7.22. The van der Waals surface area contributed by atoms with Crippen molar-refractivity contribution in [2.45, 2.75) is 84.0 Å². The van der Waals surface area contributed by atoms with Gasteiger partial charge in [-0.2, -0.15) is 0 Å². The van der Waals surface area contributed by atoms with Gasteiger partial charge in [0.25, 0.3) is 0 Å². The number of likely N-dealkylation sites (N-methyl/N-ethyl adjacent to an activating group) is 1. The Kier molecular flexibility index (Phi) is 20.4. The van der Waals surface area contributed by atoms with Gasteiger partial charge in [-0.15, -0.1) is 0 Å². The Hall–Kier alpha value is -2.03. The number of carbonyl (C=O) groups is 2. The van der Waals surface area contributed by atoms with E-state index < -0.39 is 8.60 Å². The van der Waals surface area contributed by atoms with Crippen molar-refractivity contribution in [3.05, 3.63) is 47.0 Å². The molecule has 1 aliphatic rings. The van der Waals surface area contributed by atoms with Gasteiger partial charge in [-0.3, -0.25) is 9.59 Å². The zero-order valence-electron chi connectivity index (χ0n) is 27.9. The maximum atomic E-state index is 12.6. The van der Waals surface area contributed by atoms with Crippen LogP contribution in [0.3, 0.4) is 0 Å². The van der Waals surface area contributed by atoms with Crippen LogP contribution in [0.2, 0.25) is 0 Å². The molecule has 1 atom stereocenters. The molecular weight excluding hydrogens is 567 g/mol. The molecule has 0 aromatic heterocycles. The molecule has 1 rings (SSSR count). The molecule has 0 saturated carbocycles. The first kappa shape index (κ1) is 39.0. The van der Waals surface area contributed by atoms with Gasteiger partial charge < -0.3 is 32.8 Å². The average molecular weight is 626 g/mol. The molecule has 0 fully saturated rings. The monoisotopic (exact) mass is 625 g/mol. The molecule has 43 heavy (non-hydrogen) atoms. The number of quaternary nitrogens is 1. The van der Waals surface area contributed by atoms with Crippen molar-refractivity contribution in [1.82, 2.24) is 5.32 Å². The van der Waals surface area contributed by atoms with Gasteiger partial charge in [0, 0.05) is 31.2 Å². The van der Waals surface area contributed by atoms with E-state index in [1.807, 2.05) is 6.92 Å². The summed E-state index contributed by atoms with van der Waals surface area (Å²) < 4.78 is 27.9. The van der Waals surface area contributed by atoms with Crippen LogP contribution in [-0.2, 0) is 32.6 Å². The molecule has 1 unspecified atom stereocenters. The van der Waals surface area contributed by atoms with E-state index in [1.54, 1.807) is 14.2 Å². The predicted octanol–water partition coefficient (Wildman–Crippen LogP) is 6.91. The van der Waals surface area contributed by atoms with Crippen molar-refractivity contribution in [2.24, 2.45) is 0 Å². The predicted molar refractivity (Wildman–Crippen MR) is 174 cm³/mol. The molecule has 1 amide bonds. The van der Waals surface area contributed by atoms with Crippen LogP contribution in [0, 0.1) is 0 Å². The Labute approximate surface area is 262 Å². The van der Waals surface area contributed by atoms with Crippen molar-refractivity contribution >= 4 is 20.3 Å². The molecule has 0 aromatic rings. The van der Waals surface area contributed by atoms with Crippen LogP contribution in [0.15, 0.2) is 47.0 Å². The van der Waals surface area contributed by atoms with Crippen molar-refractivity contribution in [3.8, 4) is 0 Å². The summed E-state index contributed by atoms with van der Waals surface area (Å²) in [4.78, 5) is 24.6. The minimum absolute atomic E-state index is 0.0695. The number of unbranched alkanes of at least 4 members (excludes halogenated alkanes) is 8. The van der Waals surface area contributed by atoms with E-state index in [1.165, 1.54) is 20.0 Å². The second kappa shape index (κ2) is 22.5. The van der Waals surface area contributed by atoms with Crippen molar-refractivity contribution in [2.75, 3.05) is 68.8 Å². The van der Waals surface area contributed by atoms with Gasteiger partial charge in [0.1, 0.15) is 13.2 Å². The van der Waals surface area contributed by atoms with E-state index in [9.17, 15) is 9.59 Å². The number of ketones is 1. The van der Waals surface area contributed by atoms with Gasteiger partial charge in [0.05, 0.1) is 42.0 Å². The second-order valence-electron chi connectivity index (χ2n) is 11.8. The van der Waals surface area contributed by atoms with Crippen LogP contribution in [0.1, 0.15) is 84.0 Å². The number of Topliss-reactive ketones (excluding diaryl/α,β-unsaturated/α-hetero) is 1. The number of hydrogen-bond donors (Lipinski definition) is 1. The highest BCUT2D eigenvalue weighted by molar-refractivity contribution is 7.41. The van der Waals surface area contributed by atoms with E-state index in [4.69, 9.17) is 23.0 Å². The number of carbonyl (C=O) groups excluding carboxylic acids is 2. The molecule has 0 radical (unpaired) electrons. The molecule has 0 bridgehead atoms. The van der Waals surface area contributed by atoms with Crippen molar-refractivity contribution < 1.29 is 37.1 Å². The molecule has 0 saturated heterocycles. The summed E-state index contributed by atoms with van der Waals surface area (Å²) in [5, 5.41) is 2.91. The topological polar surface area (TPSA) is 92.3 Å². The summed E-state index contributed by atoms with van der Waals surface area (Å²) in [7, 11) is 9.56. The highest BCUT2D eigenvalue weighted by Gasteiger charge is 2.30. The van der Waals surface area contributed by atoms with E-state index >= 15 is 0 Å². The van der Waals surface area contributed by atoms with Gasteiger partial charge in [-0.1, -0.05) is 44.4 Å². The van der Waals surface area contributed by atoms with Gasteiger partial charge in [0.15, 0.2) is 5.76 Å². The smallest absolute Gasteiger partial charge is 0.332 e. The highest BCUT2D eigenvalue weighted by atomic mass is 31.2. The summed E-state index contributed by atoms with van der Waals surface area (Å²) in [5.74, 6) is 0.657. The quantitative estimate of drug-likeness (QED) is 0.0510. The highest BCUT2D eigenvalue weighted by Crippen LogP contribution is 2.38. The number of ether oxygens (including phenoxy) is 2. The molecule has 1 N–H and O–H groups in total. The lowest BCUT2D eigenvalue weighted by Crippen LogP contribution is -2.37. The third kappa shape index (κ3) is 16.6. The molecular formula is C33H58N2O7P+. The zero-order chi connectivity index (χ0) is 32.1. The normalized spacial score (nSPS) is 15.0. The number of nitrogens with zero attached hydrogens (tertiary/aromatic N) is 1. The second-order valence-corrected chi connectivity index (χ2v) is 13.1. The number of methoxy groups -OCH3 is 2. The van der Waals surface area contributed by atoms with Gasteiger partial charge in [0.2, 0.25) is 17.4 Å². The minimum Gasteiger partial charge on any atom is -0.492 e. The van der Waals surface area contributed by atoms with Crippen LogP contribution in [0.4, 0.5) is 0 Å². The van der Waals surface area contributed by atoms with Crippen LogP contribution >= 0.6 is 8.60 Å². The van der Waals surface area contributed by atoms with E-state index in [0.29, 0.717) is 37.5 Å². The fourth-order valence-corrected chi connectivity index (χ4v) is 5.39. The Morgan fingerprint density at radius 3 is 2.05 bits per heavy atom. The molecule has 1 aliphatic carbocycles. The first-order chi connectivity index (χ1) is 20.6. The van der Waals surface area contributed by atoms with Gasteiger partial charge >= 0.3 is 8.60 Å². The fourth-order valence-electron chi connectivity index (χ4n) is 4.64. The molecule has 10 heteroatoms. The van der Waals surface area contributed by atoms with E-state index in [2.05, 4.69) is 45.2 Å². The maximum Gasteiger partial charge on any atom is 0.332 e. The summed E-state index contributed by atoms with van der Waals surface area (Å²) in [6.07, 6.45) is 16.9. The van der Waals surface area contributed by atoms with Crippen molar-refractivity contribution in [3.63, 3.8) is 0 Å². The lowest BCUT2D eigenvalue weighted by molar-refractivity contribution is -0.870. The fraction of sp³-hybridized carbons (Fsp3) is 0.697. The first-order valence-corrected chi connectivity index (χ1v) is 16.7. The van der Waals surface area contributed by atoms with Gasteiger partial charge in [-0.25, -0.2) is 0 Å². The average Bonchev–Trinajstić information content (AvgIpc) is 2.96. The van der Waals surface area contributed by atoms with Crippen molar-refractivity contribution in [1.29, 1.82) is 0 Å². The molecule has 0 spiro atoms. The SMILES string of the molecule is C=C1C(CCCCC/C=C\CCCCCCCC(=O)NCCOP(OC)OCC[N+](C)(C)C)=C(C)C(=O)C(OC)=C1OC. The minimum atomic E-state index is -1.37. The first-order valence-electron chi connectivity index (χ1n) is 15.6. The number of amides is 1. The standard InChI is InChI=1S/C33H57N2O7P/c1-27-29(28(2)32(38-6)33(39-7)31(27)37)21-19-17-15-13-11-9-10-12-14-16-18-20-22-30(36)34-23-25-41-43(40-8)42-26-24-35(3,4)5/h9,11H,2,10,12-26H2,1,3-8H3/p+1/b11-9-. The van der Waals surface area contributed by atoms with E-state index in [-0.39, 0.29) is 17.4 Å². The summed E-state index contributed by atoms with van der Waals surface area (Å²) in [6, 6.07) is 0. The summed E-state index contributed by atoms with van der Waals surface area (Å²) in [6.45, 7) is 8.26. The van der Waals surface area contributed by atoms with Crippen LogP contribution in [-0.4, -0.2) is 84.9 Å². The Bertz CT molecular complexity index is 953. The number of rotatable bonds is 25. The largest absolute Gasteiger partial charge is 0.492 e. The molecule has 0 heterocycles. The maximum absolute atomic E-state index is 12.6. The molecule has 0 aromatic carbocycles. The number of allylic oxidation sites excluding steroid dienone is 4. The number of nitrogens with one attached hydrogen (secondary N) is 1. The lowest BCUT2D eigenvalue weighted by Gasteiger charge is -2.24. The van der Waals surface area contributed by atoms with Crippen LogP contribution in [0.5, 0.6) is 0 Å². The van der Waals surface area contributed by atoms with Crippen LogP contribution in [0.25, 0.3) is 0 Å². The molecule has 0 aliphatic heterocycles.